The Morgan fingerprint density at radius 2 is 2.06 bits per heavy atom. The standard InChI is InChI=1S/C23H21N3O6/c1-29-18-4-2-3-17(10-18)26-12-15(8-22(26)27)23(28)24-11-16-9-20(32-25-16)14-5-6-19-21(7-14)31-13-30-19/h2-7,9-10,15H,8,11-13H2,1H3,(H,24,28). The molecule has 1 saturated heterocycles. The molecule has 3 heterocycles. The van der Waals surface area contributed by atoms with Gasteiger partial charge in [-0.25, -0.2) is 0 Å². The third-order valence-electron chi connectivity index (χ3n) is 5.52. The summed E-state index contributed by atoms with van der Waals surface area (Å²) in [6, 6.07) is 14.5. The molecule has 1 atom stereocenters. The molecule has 5 rings (SSSR count). The molecule has 1 unspecified atom stereocenters. The van der Waals surface area contributed by atoms with E-state index in [0.29, 0.717) is 35.2 Å². The number of rotatable bonds is 6. The summed E-state index contributed by atoms with van der Waals surface area (Å²) in [6.07, 6.45) is 0.157. The molecule has 0 aliphatic carbocycles. The molecule has 0 spiro atoms. The largest absolute Gasteiger partial charge is 0.497 e. The normalized spacial score (nSPS) is 17.0. The van der Waals surface area contributed by atoms with Crippen molar-refractivity contribution in [3.05, 3.63) is 54.2 Å². The minimum absolute atomic E-state index is 0.0927. The highest BCUT2D eigenvalue weighted by Crippen LogP contribution is 2.36. The zero-order chi connectivity index (χ0) is 22.1. The SMILES string of the molecule is COc1cccc(N2CC(C(=O)NCc3cc(-c4ccc5c(c4)OCO5)on3)CC2=O)c1. The first-order valence-corrected chi connectivity index (χ1v) is 10.2. The van der Waals surface area contributed by atoms with E-state index in [1.165, 1.54) is 0 Å². The molecule has 0 bridgehead atoms. The van der Waals surface area contributed by atoms with Crippen LogP contribution in [0.3, 0.4) is 0 Å². The van der Waals surface area contributed by atoms with Gasteiger partial charge in [0.25, 0.3) is 0 Å². The van der Waals surface area contributed by atoms with Crippen molar-refractivity contribution in [3.63, 3.8) is 0 Å². The Labute approximate surface area is 183 Å². The molecule has 1 N–H and O–H groups in total. The highest BCUT2D eigenvalue weighted by Gasteiger charge is 2.35. The molecule has 1 aromatic heterocycles. The van der Waals surface area contributed by atoms with Crippen molar-refractivity contribution in [2.75, 3.05) is 25.3 Å². The third-order valence-corrected chi connectivity index (χ3v) is 5.52. The van der Waals surface area contributed by atoms with Crippen molar-refractivity contribution in [2.24, 2.45) is 5.92 Å². The van der Waals surface area contributed by atoms with Crippen LogP contribution in [0, 0.1) is 5.92 Å². The lowest BCUT2D eigenvalue weighted by Crippen LogP contribution is -2.32. The molecular weight excluding hydrogens is 414 g/mol. The van der Waals surface area contributed by atoms with E-state index < -0.39 is 5.92 Å². The molecule has 2 aromatic carbocycles. The number of hydrogen-bond acceptors (Lipinski definition) is 7. The summed E-state index contributed by atoms with van der Waals surface area (Å²) < 4.78 is 21.3. The summed E-state index contributed by atoms with van der Waals surface area (Å²) >= 11 is 0. The summed E-state index contributed by atoms with van der Waals surface area (Å²) in [5, 5.41) is 6.88. The lowest BCUT2D eigenvalue weighted by atomic mass is 10.1. The number of nitrogens with zero attached hydrogens (tertiary/aromatic N) is 2. The Morgan fingerprint density at radius 3 is 2.94 bits per heavy atom. The van der Waals surface area contributed by atoms with Gasteiger partial charge in [0.05, 0.1) is 19.6 Å². The molecule has 3 aromatic rings. The van der Waals surface area contributed by atoms with Gasteiger partial charge in [0, 0.05) is 36.3 Å². The predicted molar refractivity (Wildman–Crippen MR) is 113 cm³/mol. The van der Waals surface area contributed by atoms with Crippen molar-refractivity contribution in [1.82, 2.24) is 10.5 Å². The van der Waals surface area contributed by atoms with E-state index in [-0.39, 0.29) is 31.6 Å². The molecule has 9 nitrogen and oxygen atoms in total. The molecule has 2 aliphatic heterocycles. The first kappa shape index (κ1) is 19.9. The number of anilines is 1. The van der Waals surface area contributed by atoms with E-state index in [9.17, 15) is 9.59 Å². The molecule has 0 radical (unpaired) electrons. The topological polar surface area (TPSA) is 103 Å². The van der Waals surface area contributed by atoms with Crippen LogP contribution in [0.4, 0.5) is 5.69 Å². The van der Waals surface area contributed by atoms with Crippen LogP contribution in [0.5, 0.6) is 17.2 Å². The third kappa shape index (κ3) is 3.84. The predicted octanol–water partition coefficient (Wildman–Crippen LogP) is 2.75. The van der Waals surface area contributed by atoms with Crippen molar-refractivity contribution in [2.45, 2.75) is 13.0 Å². The molecule has 32 heavy (non-hydrogen) atoms. The Bertz CT molecular complexity index is 1170. The summed E-state index contributed by atoms with van der Waals surface area (Å²) in [4.78, 5) is 26.7. The molecule has 9 heteroatoms. The van der Waals surface area contributed by atoms with Gasteiger partial charge in [0.1, 0.15) is 11.4 Å². The molecule has 2 amide bonds. The number of hydrogen-bond donors (Lipinski definition) is 1. The van der Waals surface area contributed by atoms with Crippen LogP contribution in [0.15, 0.2) is 53.1 Å². The molecule has 164 valence electrons. The van der Waals surface area contributed by atoms with Crippen LogP contribution in [-0.2, 0) is 16.1 Å². The van der Waals surface area contributed by atoms with Crippen LogP contribution in [0.2, 0.25) is 0 Å². The van der Waals surface area contributed by atoms with Gasteiger partial charge in [0.15, 0.2) is 17.3 Å². The van der Waals surface area contributed by atoms with Gasteiger partial charge < -0.3 is 29.0 Å². The Morgan fingerprint density at radius 1 is 1.19 bits per heavy atom. The van der Waals surface area contributed by atoms with E-state index in [2.05, 4.69) is 10.5 Å². The Balaban J connectivity index is 1.20. The number of carbonyl (C=O) groups excluding carboxylic acids is 2. The maximum atomic E-state index is 12.7. The number of carbonyl (C=O) groups is 2. The van der Waals surface area contributed by atoms with Gasteiger partial charge in [-0.2, -0.15) is 0 Å². The second-order valence-electron chi connectivity index (χ2n) is 7.58. The number of nitrogens with one attached hydrogen (secondary N) is 1. The lowest BCUT2D eigenvalue weighted by molar-refractivity contribution is -0.126. The summed E-state index contributed by atoms with van der Waals surface area (Å²) in [6.45, 7) is 0.723. The van der Waals surface area contributed by atoms with Gasteiger partial charge in [0.2, 0.25) is 18.6 Å². The smallest absolute Gasteiger partial charge is 0.231 e. The number of methoxy groups -OCH3 is 1. The summed E-state index contributed by atoms with van der Waals surface area (Å²) in [5.74, 6) is 1.84. The van der Waals surface area contributed by atoms with Crippen LogP contribution < -0.4 is 24.4 Å². The maximum absolute atomic E-state index is 12.7. The number of amides is 2. The van der Waals surface area contributed by atoms with E-state index in [1.54, 1.807) is 24.1 Å². The monoisotopic (exact) mass is 435 g/mol. The number of fused-ring (bicyclic) bond motifs is 1. The highest BCUT2D eigenvalue weighted by molar-refractivity contribution is 6.00. The van der Waals surface area contributed by atoms with Gasteiger partial charge in [-0.3, -0.25) is 9.59 Å². The molecular formula is C23H21N3O6. The minimum atomic E-state index is -0.436. The quantitative estimate of drug-likeness (QED) is 0.635. The summed E-state index contributed by atoms with van der Waals surface area (Å²) in [7, 11) is 1.57. The van der Waals surface area contributed by atoms with Crippen LogP contribution in [0.1, 0.15) is 12.1 Å². The molecule has 1 fully saturated rings. The number of ether oxygens (including phenoxy) is 3. The maximum Gasteiger partial charge on any atom is 0.231 e. The van der Waals surface area contributed by atoms with Crippen molar-refractivity contribution in [1.29, 1.82) is 0 Å². The van der Waals surface area contributed by atoms with E-state index in [1.807, 2.05) is 36.4 Å². The zero-order valence-corrected chi connectivity index (χ0v) is 17.4. The fourth-order valence-electron chi connectivity index (χ4n) is 3.81. The number of aromatic nitrogens is 1. The average molecular weight is 435 g/mol. The first-order chi connectivity index (χ1) is 15.6. The van der Waals surface area contributed by atoms with Crippen LogP contribution >= 0.6 is 0 Å². The minimum Gasteiger partial charge on any atom is -0.497 e. The fourth-order valence-corrected chi connectivity index (χ4v) is 3.81. The lowest BCUT2D eigenvalue weighted by Gasteiger charge is -2.17. The molecule has 0 saturated carbocycles. The number of benzene rings is 2. The van der Waals surface area contributed by atoms with Crippen molar-refractivity contribution < 1.29 is 28.3 Å². The second kappa shape index (κ2) is 8.26. The van der Waals surface area contributed by atoms with Gasteiger partial charge in [-0.05, 0) is 30.3 Å². The van der Waals surface area contributed by atoms with Gasteiger partial charge in [-0.15, -0.1) is 0 Å². The Hall–Kier alpha value is -4.01. The van der Waals surface area contributed by atoms with E-state index in [0.717, 1.165) is 11.3 Å². The van der Waals surface area contributed by atoms with E-state index in [4.69, 9.17) is 18.7 Å². The Kier molecular flexibility index (Phi) is 5.14. The van der Waals surface area contributed by atoms with Crippen molar-refractivity contribution in [3.8, 4) is 28.6 Å². The highest BCUT2D eigenvalue weighted by atomic mass is 16.7. The van der Waals surface area contributed by atoms with E-state index >= 15 is 0 Å². The van der Waals surface area contributed by atoms with Crippen LogP contribution in [0.25, 0.3) is 11.3 Å². The second-order valence-corrected chi connectivity index (χ2v) is 7.58. The first-order valence-electron chi connectivity index (χ1n) is 10.2. The van der Waals surface area contributed by atoms with Gasteiger partial charge >= 0.3 is 0 Å². The zero-order valence-electron chi connectivity index (χ0n) is 17.4. The average Bonchev–Trinajstić information content (AvgIpc) is 3.56. The van der Waals surface area contributed by atoms with Crippen molar-refractivity contribution >= 4 is 17.5 Å². The van der Waals surface area contributed by atoms with Crippen LogP contribution in [-0.4, -0.2) is 37.4 Å². The van der Waals surface area contributed by atoms with Gasteiger partial charge in [-0.1, -0.05) is 11.2 Å². The molecule has 2 aliphatic rings. The summed E-state index contributed by atoms with van der Waals surface area (Å²) in [5.41, 5.74) is 2.10. The fraction of sp³-hybridized carbons (Fsp3) is 0.261.